The number of nitrogens with one attached hydrogen (secondary N) is 1. The van der Waals surface area contributed by atoms with Gasteiger partial charge in [-0.1, -0.05) is 107 Å². The first-order chi connectivity index (χ1) is 17.6. The molecule has 1 heterocycles. The number of rotatable bonds is 6. The van der Waals surface area contributed by atoms with E-state index in [2.05, 4.69) is 80.1 Å². The van der Waals surface area contributed by atoms with Gasteiger partial charge in [0.2, 0.25) is 0 Å². The number of hydrogen-bond acceptors (Lipinski definition) is 1. The Morgan fingerprint density at radius 3 is 1.72 bits per heavy atom. The van der Waals surface area contributed by atoms with Crippen LogP contribution in [0.4, 0.5) is 4.79 Å². The Balaban J connectivity index is 1.54. The van der Waals surface area contributed by atoms with E-state index in [1.165, 1.54) is 75.3 Å². The lowest BCUT2D eigenvalue weighted by atomic mass is 9.82. The number of amides is 2. The van der Waals surface area contributed by atoms with Gasteiger partial charge in [-0.3, -0.25) is 0 Å². The van der Waals surface area contributed by atoms with Crippen molar-refractivity contribution in [1.29, 1.82) is 0 Å². The van der Waals surface area contributed by atoms with Crippen molar-refractivity contribution in [3.05, 3.63) is 71.8 Å². The monoisotopic (exact) mass is 522 g/mol. The minimum atomic E-state index is -0.329. The van der Waals surface area contributed by atoms with Crippen molar-refractivity contribution in [3.8, 4) is 0 Å². The minimum Gasteiger partial charge on any atom is -0.341 e. The van der Waals surface area contributed by atoms with Crippen LogP contribution in [0.25, 0.3) is 0 Å². The molecule has 2 aromatic carbocycles. The quantitative estimate of drug-likeness (QED) is 0.387. The Kier molecular flexibility index (Phi) is 8.70. The standard InChI is InChI=1S/C31H44N2OP2/c1-32-30(34)33-23-28(36(26-18-10-4-11-19-26)27-20-12-5-13-21-27)22-29(33)31(35,24-14-6-2-7-15-24)25-16-8-3-9-17-25/h2-3,6-9,14-17,26-29H,4-5,10-13,18-23,35H2,1H3,(H,32,34). The van der Waals surface area contributed by atoms with Gasteiger partial charge in [0.05, 0.1) is 11.2 Å². The van der Waals surface area contributed by atoms with Crippen molar-refractivity contribution < 1.29 is 4.79 Å². The normalized spacial score (nSPS) is 24.2. The largest absolute Gasteiger partial charge is 0.341 e. The predicted octanol–water partition coefficient (Wildman–Crippen LogP) is 7.73. The molecule has 2 saturated carbocycles. The third-order valence-electron chi connectivity index (χ3n) is 9.20. The summed E-state index contributed by atoms with van der Waals surface area (Å²) in [6.07, 6.45) is 15.3. The van der Waals surface area contributed by atoms with Crippen LogP contribution < -0.4 is 5.32 Å². The Hall–Kier alpha value is -1.43. The topological polar surface area (TPSA) is 32.3 Å². The molecule has 36 heavy (non-hydrogen) atoms. The van der Waals surface area contributed by atoms with Gasteiger partial charge in [-0.15, -0.1) is 9.24 Å². The molecule has 0 radical (unpaired) electrons. The molecule has 5 rings (SSSR count). The maximum absolute atomic E-state index is 13.5. The molecule has 1 aliphatic heterocycles. The molecule has 0 spiro atoms. The van der Waals surface area contributed by atoms with Gasteiger partial charge in [-0.25, -0.2) is 4.79 Å². The summed E-state index contributed by atoms with van der Waals surface area (Å²) in [5.41, 5.74) is 5.00. The average Bonchev–Trinajstić information content (AvgIpc) is 3.40. The Labute approximate surface area is 222 Å². The van der Waals surface area contributed by atoms with Gasteiger partial charge in [-0.2, -0.15) is 0 Å². The summed E-state index contributed by atoms with van der Waals surface area (Å²) in [6.45, 7) is 0.916. The fraction of sp³-hybridized carbons (Fsp3) is 0.581. The molecule has 1 N–H and O–H groups in total. The van der Waals surface area contributed by atoms with E-state index in [-0.39, 0.29) is 25.2 Å². The fourth-order valence-corrected chi connectivity index (χ4v) is 12.7. The second kappa shape index (κ2) is 12.0. The maximum Gasteiger partial charge on any atom is 0.317 e. The number of benzene rings is 2. The Morgan fingerprint density at radius 2 is 1.28 bits per heavy atom. The second-order valence-electron chi connectivity index (χ2n) is 11.2. The minimum absolute atomic E-state index is 0.0865. The molecule has 2 amide bonds. The van der Waals surface area contributed by atoms with E-state index in [1.54, 1.807) is 7.05 Å². The highest BCUT2D eigenvalue weighted by atomic mass is 31.1. The molecule has 3 unspecified atom stereocenters. The van der Waals surface area contributed by atoms with Gasteiger partial charge >= 0.3 is 6.03 Å². The highest BCUT2D eigenvalue weighted by Gasteiger charge is 2.51. The number of carbonyl (C=O) groups excluding carboxylic acids is 1. The lowest BCUT2D eigenvalue weighted by Gasteiger charge is -2.42. The lowest BCUT2D eigenvalue weighted by molar-refractivity contribution is 0.186. The second-order valence-corrected chi connectivity index (χ2v) is 15.2. The van der Waals surface area contributed by atoms with Crippen LogP contribution in [0.5, 0.6) is 0 Å². The van der Waals surface area contributed by atoms with E-state index in [9.17, 15) is 4.79 Å². The van der Waals surface area contributed by atoms with Gasteiger partial charge in [0.15, 0.2) is 0 Å². The highest BCUT2D eigenvalue weighted by Crippen LogP contribution is 2.63. The molecule has 2 aromatic rings. The summed E-state index contributed by atoms with van der Waals surface area (Å²) in [5.74, 6) is 0. The van der Waals surface area contributed by atoms with Crippen LogP contribution in [-0.2, 0) is 5.16 Å². The van der Waals surface area contributed by atoms with Gasteiger partial charge in [0.25, 0.3) is 0 Å². The van der Waals surface area contributed by atoms with Gasteiger partial charge in [0, 0.05) is 13.6 Å². The van der Waals surface area contributed by atoms with Crippen molar-refractivity contribution in [2.24, 2.45) is 0 Å². The summed E-state index contributed by atoms with van der Waals surface area (Å²) >= 11 is 0. The van der Waals surface area contributed by atoms with Crippen LogP contribution in [0.15, 0.2) is 60.7 Å². The molecule has 194 valence electrons. The number of likely N-dealkylation sites (tertiary alicyclic amines) is 1. The van der Waals surface area contributed by atoms with Crippen molar-refractivity contribution >= 4 is 23.2 Å². The number of carbonyl (C=O) groups is 1. The first kappa shape index (κ1) is 26.2. The SMILES string of the molecule is CNC(=O)N1CC(P(C2CCCCC2)C2CCCCC2)CC1C(P)(c1ccccc1)c1ccccc1. The first-order valence-electron chi connectivity index (χ1n) is 14.3. The van der Waals surface area contributed by atoms with Crippen molar-refractivity contribution in [3.63, 3.8) is 0 Å². The van der Waals surface area contributed by atoms with Crippen LogP contribution in [0, 0.1) is 0 Å². The molecule has 3 aliphatic rings. The third kappa shape index (κ3) is 5.26. The highest BCUT2D eigenvalue weighted by molar-refractivity contribution is 7.60. The summed E-state index contributed by atoms with van der Waals surface area (Å²) in [6, 6.07) is 22.0. The summed E-state index contributed by atoms with van der Waals surface area (Å²) in [5, 5.41) is 2.69. The number of nitrogens with zero attached hydrogens (tertiary/aromatic N) is 1. The molecule has 2 aliphatic carbocycles. The molecule has 0 bridgehead atoms. The van der Waals surface area contributed by atoms with Crippen LogP contribution in [0.1, 0.15) is 81.8 Å². The zero-order chi connectivity index (χ0) is 25.0. The van der Waals surface area contributed by atoms with E-state index in [0.29, 0.717) is 5.66 Å². The molecule has 0 aromatic heterocycles. The zero-order valence-electron chi connectivity index (χ0n) is 21.9. The first-order valence-corrected chi connectivity index (χ1v) is 16.4. The summed E-state index contributed by atoms with van der Waals surface area (Å²) in [4.78, 5) is 15.7. The van der Waals surface area contributed by atoms with E-state index in [4.69, 9.17) is 0 Å². The van der Waals surface area contributed by atoms with Gasteiger partial charge in [-0.05, 0) is 60.2 Å². The molecule has 5 heteroatoms. The lowest BCUT2D eigenvalue weighted by Crippen LogP contribution is -2.49. The van der Waals surface area contributed by atoms with E-state index in [0.717, 1.165) is 24.3 Å². The molecule has 1 saturated heterocycles. The smallest absolute Gasteiger partial charge is 0.317 e. The van der Waals surface area contributed by atoms with Crippen LogP contribution in [-0.4, -0.2) is 47.5 Å². The van der Waals surface area contributed by atoms with Crippen molar-refractivity contribution in [1.82, 2.24) is 10.2 Å². The van der Waals surface area contributed by atoms with Gasteiger partial charge in [0.1, 0.15) is 0 Å². The molecule has 3 fully saturated rings. The van der Waals surface area contributed by atoms with Crippen molar-refractivity contribution in [2.45, 2.75) is 98.8 Å². The third-order valence-corrected chi connectivity index (χ3v) is 14.2. The van der Waals surface area contributed by atoms with E-state index < -0.39 is 0 Å². The van der Waals surface area contributed by atoms with E-state index >= 15 is 0 Å². The zero-order valence-corrected chi connectivity index (χ0v) is 24.0. The Morgan fingerprint density at radius 1 is 0.806 bits per heavy atom. The summed E-state index contributed by atoms with van der Waals surface area (Å²) in [7, 11) is 4.95. The molecule has 3 nitrogen and oxygen atoms in total. The van der Waals surface area contributed by atoms with Crippen LogP contribution in [0.2, 0.25) is 0 Å². The molecular formula is C31H44N2OP2. The average molecular weight is 523 g/mol. The predicted molar refractivity (Wildman–Crippen MR) is 157 cm³/mol. The van der Waals surface area contributed by atoms with Crippen LogP contribution >= 0.6 is 17.2 Å². The maximum atomic E-state index is 13.5. The van der Waals surface area contributed by atoms with Gasteiger partial charge < -0.3 is 10.2 Å². The Bertz CT molecular complexity index is 915. The number of hydrogen-bond donors (Lipinski definition) is 1. The molecule has 3 atom stereocenters. The number of urea groups is 1. The molecular weight excluding hydrogens is 478 g/mol. The summed E-state index contributed by atoms with van der Waals surface area (Å²) < 4.78 is 0. The van der Waals surface area contributed by atoms with Crippen LogP contribution in [0.3, 0.4) is 0 Å². The van der Waals surface area contributed by atoms with Crippen molar-refractivity contribution in [2.75, 3.05) is 13.6 Å². The fourth-order valence-electron chi connectivity index (χ4n) is 7.46. The van der Waals surface area contributed by atoms with E-state index in [1.807, 2.05) is 0 Å².